The summed E-state index contributed by atoms with van der Waals surface area (Å²) in [6.45, 7) is 6.30. The van der Waals surface area contributed by atoms with Gasteiger partial charge in [0.15, 0.2) is 0 Å². The molecule has 2 aliphatic rings. The number of hydrogen-bond donors (Lipinski definition) is 0. The van der Waals surface area contributed by atoms with Gasteiger partial charge in [-0.05, 0) is 30.5 Å². The molecule has 0 unspecified atom stereocenters. The van der Waals surface area contributed by atoms with E-state index < -0.39 is 0 Å². The van der Waals surface area contributed by atoms with E-state index in [4.69, 9.17) is 27.9 Å². The number of morpholine rings is 1. The molecule has 19 heavy (non-hydrogen) atoms. The van der Waals surface area contributed by atoms with Crippen LogP contribution in [0.3, 0.4) is 0 Å². The first-order chi connectivity index (χ1) is 9.12. The summed E-state index contributed by atoms with van der Waals surface area (Å²) >= 11 is 12.0. The van der Waals surface area contributed by atoms with Gasteiger partial charge in [-0.15, -0.1) is 6.58 Å². The van der Waals surface area contributed by atoms with E-state index in [2.05, 4.69) is 16.5 Å². The van der Waals surface area contributed by atoms with E-state index in [0.29, 0.717) is 16.9 Å². The summed E-state index contributed by atoms with van der Waals surface area (Å²) in [6.07, 6.45) is 4.25. The first-order valence-electron chi connectivity index (χ1n) is 6.44. The van der Waals surface area contributed by atoms with Gasteiger partial charge < -0.3 is 4.74 Å². The van der Waals surface area contributed by atoms with Gasteiger partial charge in [0.25, 0.3) is 0 Å². The number of ether oxygens (including phenoxy) is 1. The molecule has 0 N–H and O–H groups in total. The first-order valence-corrected chi connectivity index (χ1v) is 7.19. The molecule has 3 nitrogen and oxygen atoms in total. The molecule has 0 aromatic carbocycles. The maximum atomic E-state index is 6.02. The van der Waals surface area contributed by atoms with Crippen LogP contribution >= 0.6 is 23.2 Å². The zero-order valence-electron chi connectivity index (χ0n) is 10.6. The second kappa shape index (κ2) is 5.06. The van der Waals surface area contributed by atoms with Gasteiger partial charge in [0.05, 0.1) is 18.2 Å². The number of halogens is 2. The van der Waals surface area contributed by atoms with Gasteiger partial charge in [-0.2, -0.15) is 0 Å². The number of nitrogens with zero attached hydrogens (tertiary/aromatic N) is 2. The quantitative estimate of drug-likeness (QED) is 0.631. The Morgan fingerprint density at radius 1 is 1.42 bits per heavy atom. The Hall–Kier alpha value is -0.610. The fourth-order valence-corrected chi connectivity index (χ4v) is 3.15. The van der Waals surface area contributed by atoms with Crippen LogP contribution in [0.5, 0.6) is 0 Å². The molecule has 1 aliphatic carbocycles. The van der Waals surface area contributed by atoms with Gasteiger partial charge in [0.1, 0.15) is 10.3 Å². The van der Waals surface area contributed by atoms with E-state index in [0.717, 1.165) is 31.5 Å². The Labute approximate surface area is 123 Å². The molecular formula is C14H16Cl2N2O. The molecule has 1 aliphatic heterocycles. The van der Waals surface area contributed by atoms with E-state index >= 15 is 0 Å². The minimum atomic E-state index is 0.0974. The van der Waals surface area contributed by atoms with E-state index in [-0.39, 0.29) is 11.6 Å². The molecule has 1 saturated heterocycles. The van der Waals surface area contributed by atoms with Crippen molar-refractivity contribution < 1.29 is 4.74 Å². The van der Waals surface area contributed by atoms with E-state index in [1.54, 1.807) is 0 Å². The Kier molecular flexibility index (Phi) is 3.56. The molecule has 2 heterocycles. The largest absolute Gasteiger partial charge is 0.372 e. The third-order valence-electron chi connectivity index (χ3n) is 3.82. The zero-order valence-corrected chi connectivity index (χ0v) is 12.1. The van der Waals surface area contributed by atoms with Crippen LogP contribution in [0.1, 0.15) is 24.4 Å². The zero-order chi connectivity index (χ0) is 13.5. The molecule has 0 radical (unpaired) electrons. The van der Waals surface area contributed by atoms with Crippen molar-refractivity contribution in [2.24, 2.45) is 0 Å². The Morgan fingerprint density at radius 3 is 2.68 bits per heavy atom. The van der Waals surface area contributed by atoms with Gasteiger partial charge >= 0.3 is 0 Å². The van der Waals surface area contributed by atoms with Gasteiger partial charge in [-0.3, -0.25) is 4.90 Å². The van der Waals surface area contributed by atoms with Crippen LogP contribution in [0.2, 0.25) is 10.3 Å². The van der Waals surface area contributed by atoms with Gasteiger partial charge in [-0.1, -0.05) is 29.3 Å². The summed E-state index contributed by atoms with van der Waals surface area (Å²) in [6, 6.07) is 3.90. The molecule has 1 aromatic rings. The van der Waals surface area contributed by atoms with Crippen LogP contribution < -0.4 is 0 Å². The van der Waals surface area contributed by atoms with Gasteiger partial charge in [-0.25, -0.2) is 4.98 Å². The number of rotatable bonds is 3. The SMILES string of the molecule is C=CCN1CC2(CC2)OC[C@@H]1c1cc(Cl)nc(Cl)c1. The summed E-state index contributed by atoms with van der Waals surface area (Å²) in [5.41, 5.74) is 1.16. The molecule has 3 rings (SSSR count). The lowest BCUT2D eigenvalue weighted by molar-refractivity contribution is -0.0766. The summed E-state index contributed by atoms with van der Waals surface area (Å²) in [5, 5.41) is 0.848. The molecule has 5 heteroatoms. The molecule has 1 saturated carbocycles. The van der Waals surface area contributed by atoms with Crippen LogP contribution in [0.4, 0.5) is 0 Å². The molecule has 2 fully saturated rings. The van der Waals surface area contributed by atoms with Crippen LogP contribution in [0, 0.1) is 0 Å². The average Bonchev–Trinajstić information content (AvgIpc) is 3.08. The van der Waals surface area contributed by atoms with Crippen LogP contribution in [-0.4, -0.2) is 35.2 Å². The fourth-order valence-electron chi connectivity index (χ4n) is 2.67. The smallest absolute Gasteiger partial charge is 0.131 e. The second-order valence-electron chi connectivity index (χ2n) is 5.27. The summed E-state index contributed by atoms with van der Waals surface area (Å²) < 4.78 is 6.02. The summed E-state index contributed by atoms with van der Waals surface area (Å²) in [7, 11) is 0. The highest BCUT2D eigenvalue weighted by Crippen LogP contribution is 2.45. The van der Waals surface area contributed by atoms with Crippen molar-refractivity contribution in [3.63, 3.8) is 0 Å². The molecular weight excluding hydrogens is 283 g/mol. The van der Waals surface area contributed by atoms with Crippen molar-refractivity contribution in [1.82, 2.24) is 9.88 Å². The molecule has 1 spiro atoms. The molecule has 0 amide bonds. The normalized spacial score (nSPS) is 25.5. The lowest BCUT2D eigenvalue weighted by Gasteiger charge is -2.40. The fraction of sp³-hybridized carbons (Fsp3) is 0.500. The van der Waals surface area contributed by atoms with Gasteiger partial charge in [0, 0.05) is 13.1 Å². The third-order valence-corrected chi connectivity index (χ3v) is 4.21. The Bertz CT molecular complexity index is 482. The standard InChI is InChI=1S/C14H16Cl2N2O/c1-2-5-18-9-14(3-4-14)19-8-11(18)10-6-12(15)17-13(16)7-10/h2,6-7,11H,1,3-5,8-9H2/t11-/m1/s1. The highest BCUT2D eigenvalue weighted by molar-refractivity contribution is 6.32. The van der Waals surface area contributed by atoms with E-state index in [1.165, 1.54) is 0 Å². The number of aromatic nitrogens is 1. The van der Waals surface area contributed by atoms with Gasteiger partial charge in [0.2, 0.25) is 0 Å². The molecule has 102 valence electrons. The van der Waals surface area contributed by atoms with Crippen molar-refractivity contribution >= 4 is 23.2 Å². The highest BCUT2D eigenvalue weighted by atomic mass is 35.5. The summed E-state index contributed by atoms with van der Waals surface area (Å²) in [5.74, 6) is 0. The molecule has 0 bridgehead atoms. The maximum Gasteiger partial charge on any atom is 0.131 e. The topological polar surface area (TPSA) is 25.4 Å². The van der Waals surface area contributed by atoms with E-state index in [9.17, 15) is 0 Å². The summed E-state index contributed by atoms with van der Waals surface area (Å²) in [4.78, 5) is 6.37. The second-order valence-corrected chi connectivity index (χ2v) is 6.05. The predicted octanol–water partition coefficient (Wildman–Crippen LogP) is 3.48. The van der Waals surface area contributed by atoms with Crippen LogP contribution in [0.15, 0.2) is 24.8 Å². The average molecular weight is 299 g/mol. The molecule has 1 aromatic heterocycles. The monoisotopic (exact) mass is 298 g/mol. The van der Waals surface area contributed by atoms with Crippen LogP contribution in [0.25, 0.3) is 0 Å². The van der Waals surface area contributed by atoms with E-state index in [1.807, 2.05) is 18.2 Å². The number of hydrogen-bond acceptors (Lipinski definition) is 3. The minimum Gasteiger partial charge on any atom is -0.372 e. The highest BCUT2D eigenvalue weighted by Gasteiger charge is 2.49. The first kappa shape index (κ1) is 13.4. The van der Waals surface area contributed by atoms with Crippen molar-refractivity contribution in [2.45, 2.75) is 24.5 Å². The third kappa shape index (κ3) is 2.79. The maximum absolute atomic E-state index is 6.02. The van der Waals surface area contributed by atoms with Crippen molar-refractivity contribution in [3.8, 4) is 0 Å². The predicted molar refractivity (Wildman–Crippen MR) is 76.7 cm³/mol. The lowest BCUT2D eigenvalue weighted by atomic mass is 10.0. The molecule has 1 atom stereocenters. The van der Waals surface area contributed by atoms with Crippen LogP contribution in [-0.2, 0) is 4.74 Å². The Morgan fingerprint density at radius 2 is 2.11 bits per heavy atom. The Balaban J connectivity index is 1.86. The van der Waals surface area contributed by atoms with Crippen molar-refractivity contribution in [2.75, 3.05) is 19.7 Å². The number of pyridine rings is 1. The minimum absolute atomic E-state index is 0.0974. The van der Waals surface area contributed by atoms with Crippen molar-refractivity contribution in [1.29, 1.82) is 0 Å². The lowest BCUT2D eigenvalue weighted by Crippen LogP contribution is -2.46. The van der Waals surface area contributed by atoms with Crippen molar-refractivity contribution in [3.05, 3.63) is 40.7 Å².